The summed E-state index contributed by atoms with van der Waals surface area (Å²) in [5.74, 6) is -0.296. The van der Waals surface area contributed by atoms with Crippen LogP contribution in [-0.4, -0.2) is 25.8 Å². The Morgan fingerprint density at radius 3 is 2.43 bits per heavy atom. The van der Waals surface area contributed by atoms with Gasteiger partial charge in [0.2, 0.25) is 15.9 Å². The van der Waals surface area contributed by atoms with Gasteiger partial charge in [-0.15, -0.1) is 23.2 Å². The van der Waals surface area contributed by atoms with E-state index >= 15 is 0 Å². The van der Waals surface area contributed by atoms with Crippen LogP contribution in [-0.2, 0) is 14.8 Å². The summed E-state index contributed by atoms with van der Waals surface area (Å²) in [6.45, 7) is 1.63. The average molecular weight is 353 g/mol. The Bertz CT molecular complexity index is 705. The van der Waals surface area contributed by atoms with Gasteiger partial charge < -0.3 is 10.1 Å². The first kappa shape index (κ1) is 16.4. The minimum Gasteiger partial charge on any atom is -0.495 e. The number of amides is 1. The number of nitrogens with one attached hydrogen (secondary N) is 1. The molecule has 6 nitrogen and oxygen atoms in total. The maximum absolute atomic E-state index is 12.1. The zero-order valence-corrected chi connectivity index (χ0v) is 13.6. The van der Waals surface area contributed by atoms with Crippen LogP contribution in [0.3, 0.4) is 0 Å². The number of halogens is 2. The molecule has 0 spiro atoms. The molecular formula is C12H14Cl2N2O4S. The number of ether oxygens (including phenoxy) is 1. The van der Waals surface area contributed by atoms with Crippen LogP contribution in [0.15, 0.2) is 23.1 Å². The Hall–Kier alpha value is -1.02. The lowest BCUT2D eigenvalue weighted by Crippen LogP contribution is -2.26. The van der Waals surface area contributed by atoms with Gasteiger partial charge in [0, 0.05) is 5.69 Å². The molecule has 1 saturated carbocycles. The summed E-state index contributed by atoms with van der Waals surface area (Å²) >= 11 is 11.9. The SMILES string of the molecule is COc1ccc(NC(=O)C2(C)CC2(Cl)Cl)cc1S(N)(=O)=O. The van der Waals surface area contributed by atoms with Crippen molar-refractivity contribution in [3.05, 3.63) is 18.2 Å². The van der Waals surface area contributed by atoms with Crippen LogP contribution < -0.4 is 15.2 Å². The van der Waals surface area contributed by atoms with Crippen LogP contribution in [0.1, 0.15) is 13.3 Å². The van der Waals surface area contributed by atoms with Crippen LogP contribution in [0, 0.1) is 5.41 Å². The fourth-order valence-corrected chi connectivity index (χ4v) is 3.32. The Balaban J connectivity index is 2.29. The number of hydrogen-bond donors (Lipinski definition) is 2. The molecule has 0 radical (unpaired) electrons. The largest absolute Gasteiger partial charge is 0.495 e. The van der Waals surface area contributed by atoms with E-state index in [0.717, 1.165) is 0 Å². The number of carbonyl (C=O) groups excluding carboxylic acids is 1. The molecule has 1 atom stereocenters. The van der Waals surface area contributed by atoms with Gasteiger partial charge in [-0.25, -0.2) is 13.6 Å². The summed E-state index contributed by atoms with van der Waals surface area (Å²) in [7, 11) is -2.65. The van der Waals surface area contributed by atoms with Gasteiger partial charge in [-0.3, -0.25) is 4.79 Å². The van der Waals surface area contributed by atoms with E-state index in [2.05, 4.69) is 5.32 Å². The molecule has 0 aromatic heterocycles. The molecule has 21 heavy (non-hydrogen) atoms. The number of anilines is 1. The first-order chi connectivity index (χ1) is 9.51. The molecule has 0 saturated heterocycles. The van der Waals surface area contributed by atoms with Crippen LogP contribution in [0.4, 0.5) is 5.69 Å². The molecule has 2 rings (SSSR count). The Morgan fingerprint density at radius 1 is 1.43 bits per heavy atom. The van der Waals surface area contributed by atoms with Crippen molar-refractivity contribution in [2.24, 2.45) is 10.6 Å². The highest BCUT2D eigenvalue weighted by molar-refractivity contribution is 7.89. The molecule has 9 heteroatoms. The maximum atomic E-state index is 12.1. The molecule has 116 valence electrons. The van der Waals surface area contributed by atoms with Crippen molar-refractivity contribution in [1.29, 1.82) is 0 Å². The lowest BCUT2D eigenvalue weighted by atomic mass is 10.1. The molecule has 0 bridgehead atoms. The van der Waals surface area contributed by atoms with Gasteiger partial charge in [0.05, 0.1) is 12.5 Å². The molecule has 1 aromatic rings. The van der Waals surface area contributed by atoms with Gasteiger partial charge in [-0.05, 0) is 31.5 Å². The normalized spacial score (nSPS) is 23.5. The highest BCUT2D eigenvalue weighted by Gasteiger charge is 2.67. The third kappa shape index (κ3) is 2.96. The lowest BCUT2D eigenvalue weighted by Gasteiger charge is -2.14. The number of carbonyl (C=O) groups is 1. The molecule has 0 aliphatic heterocycles. The Morgan fingerprint density at radius 2 is 2.00 bits per heavy atom. The summed E-state index contributed by atoms with van der Waals surface area (Å²) in [5.41, 5.74) is -0.639. The molecular weight excluding hydrogens is 339 g/mol. The van der Waals surface area contributed by atoms with Gasteiger partial charge >= 0.3 is 0 Å². The summed E-state index contributed by atoms with van der Waals surface area (Å²) in [6, 6.07) is 4.13. The van der Waals surface area contributed by atoms with E-state index in [4.69, 9.17) is 33.1 Å². The fraction of sp³-hybridized carbons (Fsp3) is 0.417. The van der Waals surface area contributed by atoms with E-state index < -0.39 is 25.7 Å². The number of alkyl halides is 2. The zero-order chi connectivity index (χ0) is 16.1. The van der Waals surface area contributed by atoms with Gasteiger partial charge in [0.25, 0.3) is 0 Å². The van der Waals surface area contributed by atoms with E-state index in [1.807, 2.05) is 0 Å². The highest BCUT2D eigenvalue weighted by atomic mass is 35.5. The Kier molecular flexibility index (Phi) is 3.90. The van der Waals surface area contributed by atoms with E-state index in [-0.39, 0.29) is 16.3 Å². The third-order valence-electron chi connectivity index (χ3n) is 3.49. The molecule has 1 unspecified atom stereocenters. The number of benzene rings is 1. The average Bonchev–Trinajstić information content (AvgIpc) is 2.89. The number of methoxy groups -OCH3 is 1. The van der Waals surface area contributed by atoms with Crippen LogP contribution in [0.25, 0.3) is 0 Å². The van der Waals surface area contributed by atoms with Gasteiger partial charge in [-0.2, -0.15) is 0 Å². The highest BCUT2D eigenvalue weighted by Crippen LogP contribution is 2.64. The summed E-state index contributed by atoms with van der Waals surface area (Å²) < 4.78 is 26.8. The van der Waals surface area contributed by atoms with E-state index in [1.165, 1.54) is 25.3 Å². The number of sulfonamides is 1. The minimum atomic E-state index is -3.97. The summed E-state index contributed by atoms with van der Waals surface area (Å²) in [6.07, 6.45) is 0.327. The van der Waals surface area contributed by atoms with E-state index in [0.29, 0.717) is 6.42 Å². The first-order valence-electron chi connectivity index (χ1n) is 5.91. The predicted octanol–water partition coefficient (Wildman–Crippen LogP) is 1.86. The second-order valence-corrected chi connectivity index (χ2v) is 8.09. The van der Waals surface area contributed by atoms with Crippen molar-refractivity contribution in [1.82, 2.24) is 0 Å². The van der Waals surface area contributed by atoms with E-state index in [1.54, 1.807) is 6.92 Å². The summed E-state index contributed by atoms with van der Waals surface area (Å²) in [4.78, 5) is 11.9. The topological polar surface area (TPSA) is 98.5 Å². The number of hydrogen-bond acceptors (Lipinski definition) is 4. The van der Waals surface area contributed by atoms with Crippen molar-refractivity contribution in [2.45, 2.75) is 22.6 Å². The minimum absolute atomic E-state index is 0.0946. The molecule has 1 fully saturated rings. The fourth-order valence-electron chi connectivity index (χ4n) is 1.89. The van der Waals surface area contributed by atoms with Crippen molar-refractivity contribution in [3.8, 4) is 5.75 Å². The summed E-state index contributed by atoms with van der Waals surface area (Å²) in [5, 5.41) is 7.69. The molecule has 1 aliphatic rings. The molecule has 0 heterocycles. The standard InChI is InChI=1S/C12H14Cl2N2O4S/c1-11(6-12(11,13)14)10(17)16-7-3-4-8(20-2)9(5-7)21(15,18)19/h3-5H,6H2,1-2H3,(H,16,17)(H2,15,18,19). The van der Waals surface area contributed by atoms with E-state index in [9.17, 15) is 13.2 Å². The second-order valence-electron chi connectivity index (χ2n) is 5.08. The van der Waals surface area contributed by atoms with Crippen molar-refractivity contribution < 1.29 is 17.9 Å². The van der Waals surface area contributed by atoms with Crippen molar-refractivity contribution in [3.63, 3.8) is 0 Å². The van der Waals surface area contributed by atoms with Gasteiger partial charge in [0.1, 0.15) is 15.0 Å². The zero-order valence-electron chi connectivity index (χ0n) is 11.3. The van der Waals surface area contributed by atoms with Gasteiger partial charge in [-0.1, -0.05) is 0 Å². The molecule has 1 aliphatic carbocycles. The van der Waals surface area contributed by atoms with Crippen molar-refractivity contribution in [2.75, 3.05) is 12.4 Å². The molecule has 1 aromatic carbocycles. The third-order valence-corrected chi connectivity index (χ3v) is 5.52. The Labute approximate surface area is 132 Å². The number of primary sulfonamides is 1. The van der Waals surface area contributed by atoms with Crippen LogP contribution in [0.2, 0.25) is 0 Å². The predicted molar refractivity (Wildman–Crippen MR) is 80.2 cm³/mol. The van der Waals surface area contributed by atoms with Crippen LogP contribution >= 0.6 is 23.2 Å². The maximum Gasteiger partial charge on any atom is 0.241 e. The molecule has 1 amide bonds. The lowest BCUT2D eigenvalue weighted by molar-refractivity contribution is -0.120. The number of nitrogens with two attached hydrogens (primary N) is 1. The van der Waals surface area contributed by atoms with Crippen molar-refractivity contribution >= 4 is 44.8 Å². The van der Waals surface area contributed by atoms with Crippen LogP contribution in [0.5, 0.6) is 5.75 Å². The molecule has 3 N–H and O–H groups in total. The first-order valence-corrected chi connectivity index (χ1v) is 8.22. The number of rotatable bonds is 4. The smallest absolute Gasteiger partial charge is 0.241 e. The second kappa shape index (κ2) is 5.01. The quantitative estimate of drug-likeness (QED) is 0.808. The monoisotopic (exact) mass is 352 g/mol. The van der Waals surface area contributed by atoms with Gasteiger partial charge in [0.15, 0.2) is 0 Å².